The zero-order chi connectivity index (χ0) is 16.5. The van der Waals surface area contributed by atoms with Crippen LogP contribution in [0.1, 0.15) is 17.2 Å². The van der Waals surface area contributed by atoms with E-state index in [0.717, 1.165) is 16.8 Å². The monoisotopic (exact) mass is 320 g/mol. The summed E-state index contributed by atoms with van der Waals surface area (Å²) in [5.41, 5.74) is 2.82. The number of non-ortho nitro benzene ring substituents is 1. The summed E-state index contributed by atoms with van der Waals surface area (Å²) < 4.78 is 1.65. The molecule has 1 aliphatic rings. The van der Waals surface area contributed by atoms with Crippen LogP contribution >= 0.6 is 0 Å². The first kappa shape index (κ1) is 14.1. The van der Waals surface area contributed by atoms with Gasteiger partial charge < -0.3 is 5.32 Å². The third-order valence-electron chi connectivity index (χ3n) is 3.86. The first-order chi connectivity index (χ1) is 11.7. The molecule has 1 N–H and O–H groups in total. The number of anilines is 1. The molecule has 0 fully saturated rings. The highest BCUT2D eigenvalue weighted by atomic mass is 16.6. The Kier molecular flexibility index (Phi) is 3.27. The van der Waals surface area contributed by atoms with Crippen molar-refractivity contribution < 1.29 is 4.92 Å². The molecule has 3 aromatic rings. The lowest BCUT2D eigenvalue weighted by molar-refractivity contribution is -0.384. The number of hydrogen-bond acceptors (Lipinski definition) is 6. The molecule has 8 heteroatoms. The molecule has 0 saturated heterocycles. The van der Waals surface area contributed by atoms with Gasteiger partial charge in [-0.3, -0.25) is 10.1 Å². The number of fused-ring (bicyclic) bond motifs is 1. The third-order valence-corrected chi connectivity index (χ3v) is 3.86. The van der Waals surface area contributed by atoms with Crippen LogP contribution in [0, 0.1) is 10.1 Å². The second-order valence-corrected chi connectivity index (χ2v) is 5.31. The van der Waals surface area contributed by atoms with Crippen molar-refractivity contribution in [3.63, 3.8) is 0 Å². The van der Waals surface area contributed by atoms with Crippen molar-refractivity contribution in [1.29, 1.82) is 0 Å². The molecule has 0 aliphatic carbocycles. The van der Waals surface area contributed by atoms with Gasteiger partial charge in [0.1, 0.15) is 6.04 Å². The second kappa shape index (κ2) is 5.58. The fraction of sp³-hybridized carbons (Fsp3) is 0.0625. The van der Waals surface area contributed by atoms with E-state index in [1.54, 1.807) is 16.8 Å². The fourth-order valence-corrected chi connectivity index (χ4v) is 2.67. The SMILES string of the molecule is O=[N+]([O-])c1ccc([C@H]2C=C(c3ccccc3)Nc3nnnn32)cc1. The zero-order valence-corrected chi connectivity index (χ0v) is 12.4. The number of nitrogens with one attached hydrogen (secondary N) is 1. The van der Waals surface area contributed by atoms with E-state index in [1.807, 2.05) is 36.4 Å². The van der Waals surface area contributed by atoms with E-state index in [2.05, 4.69) is 20.8 Å². The minimum atomic E-state index is -0.417. The van der Waals surface area contributed by atoms with Gasteiger partial charge in [-0.15, -0.1) is 0 Å². The first-order valence-electron chi connectivity index (χ1n) is 7.29. The van der Waals surface area contributed by atoms with Crippen LogP contribution in [0.4, 0.5) is 11.6 Å². The Morgan fingerprint density at radius 3 is 2.54 bits per heavy atom. The van der Waals surface area contributed by atoms with Gasteiger partial charge in [0.2, 0.25) is 5.95 Å². The number of benzene rings is 2. The smallest absolute Gasteiger partial charge is 0.269 e. The molecule has 8 nitrogen and oxygen atoms in total. The van der Waals surface area contributed by atoms with Gasteiger partial charge in [0.15, 0.2) is 0 Å². The normalized spacial score (nSPS) is 16.0. The number of tetrazole rings is 1. The van der Waals surface area contributed by atoms with Crippen molar-refractivity contribution in [2.75, 3.05) is 5.32 Å². The van der Waals surface area contributed by atoms with Gasteiger partial charge in [0.05, 0.1) is 4.92 Å². The molecule has 1 aromatic heterocycles. The molecule has 4 rings (SSSR count). The van der Waals surface area contributed by atoms with Gasteiger partial charge in [0, 0.05) is 17.8 Å². The molecule has 0 amide bonds. The molecular weight excluding hydrogens is 308 g/mol. The number of nitro benzene ring substituents is 1. The lowest BCUT2D eigenvalue weighted by Crippen LogP contribution is -2.20. The minimum Gasteiger partial charge on any atom is -0.323 e. The number of nitro groups is 1. The summed E-state index contributed by atoms with van der Waals surface area (Å²) >= 11 is 0. The number of nitrogens with zero attached hydrogens (tertiary/aromatic N) is 5. The summed E-state index contributed by atoms with van der Waals surface area (Å²) in [6.45, 7) is 0. The van der Waals surface area contributed by atoms with Crippen LogP contribution in [0.2, 0.25) is 0 Å². The van der Waals surface area contributed by atoms with E-state index >= 15 is 0 Å². The quantitative estimate of drug-likeness (QED) is 0.588. The summed E-state index contributed by atoms with van der Waals surface area (Å²) in [7, 11) is 0. The average Bonchev–Trinajstić information content (AvgIpc) is 3.10. The molecule has 0 radical (unpaired) electrons. The Balaban J connectivity index is 1.78. The molecule has 24 heavy (non-hydrogen) atoms. The summed E-state index contributed by atoms with van der Waals surface area (Å²) in [6, 6.07) is 16.0. The molecule has 118 valence electrons. The topological polar surface area (TPSA) is 98.8 Å². The molecule has 1 aliphatic heterocycles. The van der Waals surface area contributed by atoms with Crippen LogP contribution in [-0.2, 0) is 0 Å². The Morgan fingerprint density at radius 2 is 1.83 bits per heavy atom. The van der Waals surface area contributed by atoms with Crippen molar-refractivity contribution in [1.82, 2.24) is 20.2 Å². The Hall–Kier alpha value is -3.55. The van der Waals surface area contributed by atoms with Gasteiger partial charge in [-0.05, 0) is 39.8 Å². The molecule has 1 atom stereocenters. The first-order valence-corrected chi connectivity index (χ1v) is 7.29. The van der Waals surface area contributed by atoms with Gasteiger partial charge in [-0.25, -0.2) is 0 Å². The highest BCUT2D eigenvalue weighted by molar-refractivity contribution is 5.76. The summed E-state index contributed by atoms with van der Waals surface area (Å²) in [5.74, 6) is 0.528. The van der Waals surface area contributed by atoms with Crippen LogP contribution in [0.5, 0.6) is 0 Å². The van der Waals surface area contributed by atoms with Crippen molar-refractivity contribution in [2.45, 2.75) is 6.04 Å². The van der Waals surface area contributed by atoms with E-state index in [-0.39, 0.29) is 11.7 Å². The van der Waals surface area contributed by atoms with Crippen LogP contribution in [0.25, 0.3) is 5.70 Å². The zero-order valence-electron chi connectivity index (χ0n) is 12.4. The molecule has 0 spiro atoms. The number of aromatic nitrogens is 4. The predicted molar refractivity (Wildman–Crippen MR) is 87.1 cm³/mol. The Bertz CT molecular complexity index is 917. The van der Waals surface area contributed by atoms with Crippen LogP contribution in [-0.4, -0.2) is 25.1 Å². The number of rotatable bonds is 3. The maximum Gasteiger partial charge on any atom is 0.269 e. The van der Waals surface area contributed by atoms with E-state index in [0.29, 0.717) is 5.95 Å². The van der Waals surface area contributed by atoms with E-state index in [9.17, 15) is 10.1 Å². The maximum absolute atomic E-state index is 10.8. The summed E-state index contributed by atoms with van der Waals surface area (Å²) in [5, 5.41) is 25.8. The molecule has 0 bridgehead atoms. The Labute approximate surface area is 136 Å². The van der Waals surface area contributed by atoms with Crippen molar-refractivity contribution in [2.24, 2.45) is 0 Å². The van der Waals surface area contributed by atoms with E-state index in [1.165, 1.54) is 12.1 Å². The molecule has 0 unspecified atom stereocenters. The van der Waals surface area contributed by atoms with E-state index in [4.69, 9.17) is 0 Å². The van der Waals surface area contributed by atoms with Gasteiger partial charge in [-0.1, -0.05) is 35.4 Å². The molecular formula is C16H12N6O2. The standard InChI is InChI=1S/C16H12N6O2/c23-22(24)13-8-6-12(7-9-13)15-10-14(11-4-2-1-3-5-11)17-16-18-19-20-21(15)16/h1-10,15H,(H,17,18,20)/t15-/m1/s1. The largest absolute Gasteiger partial charge is 0.323 e. The second-order valence-electron chi connectivity index (χ2n) is 5.31. The van der Waals surface area contributed by atoms with Crippen LogP contribution < -0.4 is 5.32 Å². The minimum absolute atomic E-state index is 0.0527. The summed E-state index contributed by atoms with van der Waals surface area (Å²) in [6.07, 6.45) is 2.00. The lowest BCUT2D eigenvalue weighted by atomic mass is 10.0. The van der Waals surface area contributed by atoms with Crippen LogP contribution in [0.15, 0.2) is 60.7 Å². The van der Waals surface area contributed by atoms with Crippen molar-refractivity contribution in [3.8, 4) is 0 Å². The molecule has 2 aromatic carbocycles. The predicted octanol–water partition coefficient (Wildman–Crippen LogP) is 2.64. The van der Waals surface area contributed by atoms with Crippen molar-refractivity contribution in [3.05, 3.63) is 81.9 Å². The van der Waals surface area contributed by atoms with Gasteiger partial charge in [-0.2, -0.15) is 4.68 Å². The number of hydrogen-bond donors (Lipinski definition) is 1. The molecule has 0 saturated carbocycles. The van der Waals surface area contributed by atoms with Gasteiger partial charge in [0.25, 0.3) is 5.69 Å². The summed E-state index contributed by atoms with van der Waals surface area (Å²) in [4.78, 5) is 10.4. The average molecular weight is 320 g/mol. The highest BCUT2D eigenvalue weighted by Gasteiger charge is 2.24. The highest BCUT2D eigenvalue weighted by Crippen LogP contribution is 2.32. The lowest BCUT2D eigenvalue weighted by Gasteiger charge is -2.23. The molecule has 2 heterocycles. The number of allylic oxidation sites excluding steroid dienone is 1. The fourth-order valence-electron chi connectivity index (χ4n) is 2.67. The Morgan fingerprint density at radius 1 is 1.08 bits per heavy atom. The third kappa shape index (κ3) is 2.39. The van der Waals surface area contributed by atoms with Gasteiger partial charge >= 0.3 is 0 Å². The van der Waals surface area contributed by atoms with E-state index < -0.39 is 4.92 Å². The van der Waals surface area contributed by atoms with Crippen molar-refractivity contribution >= 4 is 17.3 Å². The van der Waals surface area contributed by atoms with Crippen LogP contribution in [0.3, 0.4) is 0 Å². The maximum atomic E-state index is 10.8.